The molecule has 190 valence electrons. The summed E-state index contributed by atoms with van der Waals surface area (Å²) in [5.74, 6) is 2.55. The normalized spacial score (nSPS) is 28.2. The number of hydrogen-bond donors (Lipinski definition) is 0. The molecule has 6 heteroatoms. The number of piperazine rings is 1. The Kier molecular flexibility index (Phi) is 7.98. The molecule has 2 unspecified atom stereocenters. The van der Waals surface area contributed by atoms with Crippen LogP contribution in [0.4, 0.5) is 5.95 Å². The average Bonchev–Trinajstić information content (AvgIpc) is 3.08. The van der Waals surface area contributed by atoms with Gasteiger partial charge in [0.1, 0.15) is 5.78 Å². The molecule has 2 bridgehead atoms. The Hall–Kier alpha value is -1.53. The number of Topliss-reactive ketones (excluding diaryl/α,β-unsaturated/α-hetero) is 1. The number of likely N-dealkylation sites (tertiary alicyclic amines) is 1. The first-order chi connectivity index (χ1) is 16.2. The molecular weight excluding hydrogens is 422 g/mol. The van der Waals surface area contributed by atoms with E-state index in [0.29, 0.717) is 29.7 Å². The van der Waals surface area contributed by atoms with E-state index in [9.17, 15) is 4.79 Å². The van der Waals surface area contributed by atoms with Gasteiger partial charge in [-0.15, -0.1) is 0 Å². The van der Waals surface area contributed by atoms with Gasteiger partial charge < -0.3 is 9.80 Å². The minimum Gasteiger partial charge on any atom is -0.332 e. The second-order valence-corrected chi connectivity index (χ2v) is 12.2. The average molecular weight is 470 g/mol. The minimum atomic E-state index is 0.175. The van der Waals surface area contributed by atoms with Crippen LogP contribution < -0.4 is 4.90 Å². The van der Waals surface area contributed by atoms with E-state index >= 15 is 0 Å². The van der Waals surface area contributed by atoms with Crippen LogP contribution in [-0.4, -0.2) is 69.9 Å². The molecule has 1 aromatic heterocycles. The second kappa shape index (κ2) is 10.6. The topological polar surface area (TPSA) is 52.6 Å². The quantitative estimate of drug-likeness (QED) is 0.519. The van der Waals surface area contributed by atoms with Crippen molar-refractivity contribution >= 4 is 11.7 Å². The summed E-state index contributed by atoms with van der Waals surface area (Å²) < 4.78 is 0. The Balaban J connectivity index is 1.27. The van der Waals surface area contributed by atoms with Gasteiger partial charge in [0.05, 0.1) is 0 Å². The zero-order valence-electron chi connectivity index (χ0n) is 22.5. The van der Waals surface area contributed by atoms with Crippen LogP contribution in [0.5, 0.6) is 0 Å². The lowest BCUT2D eigenvalue weighted by Crippen LogP contribution is -2.59. The van der Waals surface area contributed by atoms with Gasteiger partial charge in [0.15, 0.2) is 0 Å². The van der Waals surface area contributed by atoms with Crippen molar-refractivity contribution in [2.75, 3.05) is 31.6 Å². The van der Waals surface area contributed by atoms with E-state index in [1.807, 2.05) is 26.2 Å². The molecule has 1 aliphatic carbocycles. The highest BCUT2D eigenvalue weighted by Gasteiger charge is 2.44. The molecule has 0 spiro atoms. The van der Waals surface area contributed by atoms with Crippen LogP contribution in [0.3, 0.4) is 0 Å². The first-order valence-corrected chi connectivity index (χ1v) is 13.7. The fourth-order valence-electron chi connectivity index (χ4n) is 6.43. The van der Waals surface area contributed by atoms with Crippen molar-refractivity contribution in [3.05, 3.63) is 18.0 Å². The van der Waals surface area contributed by atoms with Gasteiger partial charge in [-0.3, -0.25) is 9.69 Å². The maximum Gasteiger partial charge on any atom is 0.225 e. The molecule has 0 N–H and O–H groups in total. The molecule has 0 aromatic carbocycles. The number of ketones is 1. The summed E-state index contributed by atoms with van der Waals surface area (Å²) >= 11 is 0. The third-order valence-electron chi connectivity index (χ3n) is 8.97. The Labute approximate surface area is 207 Å². The molecule has 2 saturated heterocycles. The lowest BCUT2D eigenvalue weighted by atomic mass is 9.77. The van der Waals surface area contributed by atoms with Crippen LogP contribution >= 0.6 is 0 Å². The summed E-state index contributed by atoms with van der Waals surface area (Å²) in [7, 11) is 2.20. The number of carbonyl (C=O) groups excluding carboxylic acids is 1. The monoisotopic (exact) mass is 469 g/mol. The van der Waals surface area contributed by atoms with Crippen molar-refractivity contribution in [3.63, 3.8) is 0 Å². The van der Waals surface area contributed by atoms with Crippen molar-refractivity contribution < 1.29 is 4.79 Å². The SMILES string of the molecule is CCC(C)(C)N1CC2CCC(C1)N2c1ncc(CN(C)CC2CCC(C(=O)C(C)C)CC2)cn1. The van der Waals surface area contributed by atoms with Gasteiger partial charge in [0.2, 0.25) is 5.95 Å². The molecule has 2 atom stereocenters. The Morgan fingerprint density at radius 1 is 1.06 bits per heavy atom. The van der Waals surface area contributed by atoms with Crippen LogP contribution in [0.1, 0.15) is 85.1 Å². The number of hydrogen-bond acceptors (Lipinski definition) is 6. The van der Waals surface area contributed by atoms with E-state index < -0.39 is 0 Å². The fourth-order valence-corrected chi connectivity index (χ4v) is 6.43. The summed E-state index contributed by atoms with van der Waals surface area (Å²) in [6.07, 6.45) is 12.2. The lowest BCUT2D eigenvalue weighted by molar-refractivity contribution is -0.127. The van der Waals surface area contributed by atoms with Gasteiger partial charge in [-0.05, 0) is 71.8 Å². The summed E-state index contributed by atoms with van der Waals surface area (Å²) in [5, 5.41) is 0. The van der Waals surface area contributed by atoms with Gasteiger partial charge >= 0.3 is 0 Å². The molecule has 3 fully saturated rings. The fraction of sp³-hybridized carbons (Fsp3) is 0.821. The van der Waals surface area contributed by atoms with Crippen LogP contribution in [0.2, 0.25) is 0 Å². The molecule has 0 amide bonds. The highest BCUT2D eigenvalue weighted by molar-refractivity contribution is 5.82. The third-order valence-corrected chi connectivity index (χ3v) is 8.97. The van der Waals surface area contributed by atoms with E-state index in [-0.39, 0.29) is 11.5 Å². The van der Waals surface area contributed by atoms with E-state index in [1.165, 1.54) is 37.7 Å². The van der Waals surface area contributed by atoms with Gasteiger partial charge in [-0.2, -0.15) is 0 Å². The van der Waals surface area contributed by atoms with E-state index in [1.54, 1.807) is 0 Å². The number of fused-ring (bicyclic) bond motifs is 2. The second-order valence-electron chi connectivity index (χ2n) is 12.2. The maximum absolute atomic E-state index is 12.3. The molecule has 34 heavy (non-hydrogen) atoms. The first kappa shape index (κ1) is 25.6. The highest BCUT2D eigenvalue weighted by Crippen LogP contribution is 2.36. The van der Waals surface area contributed by atoms with Crippen molar-refractivity contribution in [3.8, 4) is 0 Å². The van der Waals surface area contributed by atoms with Crippen molar-refractivity contribution in [2.24, 2.45) is 17.8 Å². The van der Waals surface area contributed by atoms with E-state index in [0.717, 1.165) is 45.0 Å². The van der Waals surface area contributed by atoms with Crippen molar-refractivity contribution in [2.45, 2.75) is 104 Å². The highest BCUT2D eigenvalue weighted by atomic mass is 16.1. The van der Waals surface area contributed by atoms with Crippen LogP contribution in [0.15, 0.2) is 12.4 Å². The molecule has 0 radical (unpaired) electrons. The first-order valence-electron chi connectivity index (χ1n) is 13.7. The minimum absolute atomic E-state index is 0.175. The van der Waals surface area contributed by atoms with Crippen molar-refractivity contribution in [1.29, 1.82) is 0 Å². The maximum atomic E-state index is 12.3. The zero-order valence-corrected chi connectivity index (χ0v) is 22.5. The summed E-state index contributed by atoms with van der Waals surface area (Å²) in [5.41, 5.74) is 1.46. The molecule has 6 nitrogen and oxygen atoms in total. The molecule has 4 rings (SSSR count). The zero-order chi connectivity index (χ0) is 24.5. The Bertz CT molecular complexity index is 801. The van der Waals surface area contributed by atoms with Gasteiger partial charge in [-0.25, -0.2) is 9.97 Å². The van der Waals surface area contributed by atoms with Crippen molar-refractivity contribution in [1.82, 2.24) is 19.8 Å². The smallest absolute Gasteiger partial charge is 0.225 e. The largest absolute Gasteiger partial charge is 0.332 e. The number of rotatable bonds is 9. The van der Waals surface area contributed by atoms with Gasteiger partial charge in [0.25, 0.3) is 0 Å². The molecule has 1 saturated carbocycles. The molecular formula is C28H47N5O. The third kappa shape index (κ3) is 5.64. The molecule has 1 aromatic rings. The summed E-state index contributed by atoms with van der Waals surface area (Å²) in [6, 6.07) is 1.08. The van der Waals surface area contributed by atoms with Gasteiger partial charge in [-0.1, -0.05) is 20.8 Å². The Morgan fingerprint density at radius 3 is 2.18 bits per heavy atom. The molecule has 2 aliphatic heterocycles. The summed E-state index contributed by atoms with van der Waals surface area (Å²) in [4.78, 5) is 29.5. The number of nitrogens with zero attached hydrogens (tertiary/aromatic N) is 5. The number of carbonyl (C=O) groups is 1. The van der Waals surface area contributed by atoms with Gasteiger partial charge in [0, 0.05) is 73.6 Å². The van der Waals surface area contributed by atoms with E-state index in [2.05, 4.69) is 42.5 Å². The van der Waals surface area contributed by atoms with Crippen LogP contribution in [0, 0.1) is 17.8 Å². The number of anilines is 1. The summed E-state index contributed by atoms with van der Waals surface area (Å²) in [6.45, 7) is 15.3. The van der Waals surface area contributed by atoms with E-state index in [4.69, 9.17) is 9.97 Å². The Morgan fingerprint density at radius 2 is 1.65 bits per heavy atom. The predicted molar refractivity (Wildman–Crippen MR) is 139 cm³/mol. The van der Waals surface area contributed by atoms with Crippen LogP contribution in [0.25, 0.3) is 0 Å². The molecule has 3 heterocycles. The number of aromatic nitrogens is 2. The predicted octanol–water partition coefficient (Wildman–Crippen LogP) is 4.78. The standard InChI is InChI=1S/C28H47N5O/c1-7-28(4,5)32-18-24-12-13-25(19-32)33(24)27-29-14-22(15-30-27)17-31(6)16-21-8-10-23(11-9-21)26(34)20(2)3/h14-15,20-21,23-25H,7-13,16-19H2,1-6H3. The van der Waals surface area contributed by atoms with Crippen LogP contribution in [-0.2, 0) is 11.3 Å². The lowest BCUT2D eigenvalue weighted by Gasteiger charge is -2.47. The molecule has 3 aliphatic rings.